The van der Waals surface area contributed by atoms with Crippen molar-refractivity contribution in [3.63, 3.8) is 0 Å². The zero-order chi connectivity index (χ0) is 23.7. The highest BCUT2D eigenvalue weighted by Crippen LogP contribution is 2.34. The van der Waals surface area contributed by atoms with Gasteiger partial charge in [0.2, 0.25) is 21.9 Å². The molecular formula is C25H29FN4O3S. The number of hydrogen-bond acceptors (Lipinski definition) is 4. The first-order valence-corrected chi connectivity index (χ1v) is 13.4. The van der Waals surface area contributed by atoms with Crippen molar-refractivity contribution in [2.24, 2.45) is 5.92 Å². The lowest BCUT2D eigenvalue weighted by Gasteiger charge is -2.31. The van der Waals surface area contributed by atoms with Crippen molar-refractivity contribution in [2.75, 3.05) is 18.4 Å². The van der Waals surface area contributed by atoms with Crippen molar-refractivity contribution < 1.29 is 17.6 Å². The van der Waals surface area contributed by atoms with Gasteiger partial charge in [0.1, 0.15) is 10.7 Å². The molecule has 1 N–H and O–H groups in total. The molecule has 1 amide bonds. The SMILES string of the molecule is O=C(Nc1nc2ccccc2n1C1CCCCC1)C1CCN(S(=O)(=O)c2ccccc2F)CC1. The van der Waals surface area contributed by atoms with E-state index < -0.39 is 15.8 Å². The second-order valence-corrected chi connectivity index (χ2v) is 11.1. The van der Waals surface area contributed by atoms with Gasteiger partial charge < -0.3 is 4.57 Å². The largest absolute Gasteiger partial charge is 0.307 e. The van der Waals surface area contributed by atoms with Crippen LogP contribution in [0.4, 0.5) is 10.3 Å². The van der Waals surface area contributed by atoms with Crippen molar-refractivity contribution >= 4 is 32.9 Å². The molecule has 0 bridgehead atoms. The number of nitrogens with one attached hydrogen (secondary N) is 1. The van der Waals surface area contributed by atoms with Crippen LogP contribution in [0, 0.1) is 11.7 Å². The fourth-order valence-corrected chi connectivity index (χ4v) is 6.74. The predicted molar refractivity (Wildman–Crippen MR) is 128 cm³/mol. The summed E-state index contributed by atoms with van der Waals surface area (Å²) in [5, 5.41) is 3.05. The summed E-state index contributed by atoms with van der Waals surface area (Å²) in [5.41, 5.74) is 1.88. The Balaban J connectivity index is 1.30. The Hall–Kier alpha value is -2.78. The first-order chi connectivity index (χ1) is 16.4. The molecule has 1 aromatic heterocycles. The van der Waals surface area contributed by atoms with Gasteiger partial charge in [-0.25, -0.2) is 17.8 Å². The molecule has 3 aromatic rings. The quantitative estimate of drug-likeness (QED) is 0.568. The smallest absolute Gasteiger partial charge is 0.245 e. The predicted octanol–water partition coefficient (Wildman–Crippen LogP) is 4.72. The molecule has 180 valence electrons. The van der Waals surface area contributed by atoms with Gasteiger partial charge in [-0.3, -0.25) is 10.1 Å². The molecule has 34 heavy (non-hydrogen) atoms. The topological polar surface area (TPSA) is 84.3 Å². The third kappa shape index (κ3) is 4.34. The van der Waals surface area contributed by atoms with Gasteiger partial charge in [0.05, 0.1) is 11.0 Å². The molecule has 1 aliphatic carbocycles. The van der Waals surface area contributed by atoms with Crippen LogP contribution >= 0.6 is 0 Å². The molecule has 2 aromatic carbocycles. The standard InChI is InChI=1S/C25H29FN4O3S/c26-20-10-4-7-13-23(20)34(32,33)29-16-14-18(15-17-29)24(31)28-25-27-21-11-5-6-12-22(21)30(25)19-8-2-1-3-9-19/h4-7,10-13,18-19H,1-3,8-9,14-17H2,(H,27,28,31). The van der Waals surface area contributed by atoms with Crippen LogP contribution < -0.4 is 5.32 Å². The second-order valence-electron chi connectivity index (χ2n) is 9.18. The van der Waals surface area contributed by atoms with E-state index in [1.54, 1.807) is 0 Å². The van der Waals surface area contributed by atoms with Crippen LogP contribution in [0.25, 0.3) is 11.0 Å². The highest BCUT2D eigenvalue weighted by molar-refractivity contribution is 7.89. The van der Waals surface area contributed by atoms with E-state index in [2.05, 4.69) is 9.88 Å². The normalized spacial score (nSPS) is 18.9. The van der Waals surface area contributed by atoms with Crippen molar-refractivity contribution in [3.8, 4) is 0 Å². The summed E-state index contributed by atoms with van der Waals surface area (Å²) in [6.45, 7) is 0.349. The van der Waals surface area contributed by atoms with E-state index >= 15 is 0 Å². The molecule has 0 unspecified atom stereocenters. The maximum Gasteiger partial charge on any atom is 0.245 e. The lowest BCUT2D eigenvalue weighted by atomic mass is 9.95. The van der Waals surface area contributed by atoms with Crippen LogP contribution in [0.15, 0.2) is 53.4 Å². The Bertz CT molecular complexity index is 1290. The zero-order valence-corrected chi connectivity index (χ0v) is 19.8. The molecule has 0 spiro atoms. The minimum absolute atomic E-state index is 0.143. The molecule has 0 radical (unpaired) electrons. The molecule has 5 rings (SSSR count). The summed E-state index contributed by atoms with van der Waals surface area (Å²) in [5.74, 6) is -0.662. The molecule has 1 saturated carbocycles. The number of halogens is 1. The van der Waals surface area contributed by atoms with Gasteiger partial charge in [-0.1, -0.05) is 43.5 Å². The van der Waals surface area contributed by atoms with E-state index in [1.807, 2.05) is 24.3 Å². The maximum atomic E-state index is 14.1. The Morgan fingerprint density at radius 3 is 2.35 bits per heavy atom. The van der Waals surface area contributed by atoms with Gasteiger partial charge in [-0.05, 0) is 49.9 Å². The summed E-state index contributed by atoms with van der Waals surface area (Å²) < 4.78 is 43.3. The van der Waals surface area contributed by atoms with Gasteiger partial charge in [0.15, 0.2) is 0 Å². The summed E-state index contributed by atoms with van der Waals surface area (Å²) in [6.07, 6.45) is 6.45. The maximum absolute atomic E-state index is 14.1. The molecule has 7 nitrogen and oxygen atoms in total. The monoisotopic (exact) mass is 484 g/mol. The second kappa shape index (κ2) is 9.46. The number of nitrogens with zero attached hydrogens (tertiary/aromatic N) is 3. The van der Waals surface area contributed by atoms with Gasteiger partial charge >= 0.3 is 0 Å². The van der Waals surface area contributed by atoms with Gasteiger partial charge in [0, 0.05) is 25.0 Å². The molecule has 2 heterocycles. The zero-order valence-electron chi connectivity index (χ0n) is 19.0. The Kier molecular flexibility index (Phi) is 6.40. The van der Waals surface area contributed by atoms with Gasteiger partial charge in [0.25, 0.3) is 0 Å². The lowest BCUT2D eigenvalue weighted by Crippen LogP contribution is -2.41. The summed E-state index contributed by atoms with van der Waals surface area (Å²) in [6, 6.07) is 13.6. The minimum Gasteiger partial charge on any atom is -0.307 e. The number of imidazole rings is 1. The van der Waals surface area contributed by atoms with Crippen LogP contribution in [0.5, 0.6) is 0 Å². The molecule has 9 heteroatoms. The van der Waals surface area contributed by atoms with E-state index in [4.69, 9.17) is 4.98 Å². The minimum atomic E-state index is -3.93. The van der Waals surface area contributed by atoms with Crippen molar-refractivity contribution in [3.05, 3.63) is 54.3 Å². The number of hydrogen-bond donors (Lipinski definition) is 1. The summed E-state index contributed by atoms with van der Waals surface area (Å²) in [4.78, 5) is 17.6. The highest BCUT2D eigenvalue weighted by atomic mass is 32.2. The van der Waals surface area contributed by atoms with Gasteiger partial charge in [-0.2, -0.15) is 4.31 Å². The number of anilines is 1. The number of para-hydroxylation sites is 2. The van der Waals surface area contributed by atoms with Crippen LogP contribution in [0.3, 0.4) is 0 Å². The Morgan fingerprint density at radius 2 is 1.62 bits per heavy atom. The fourth-order valence-electron chi connectivity index (χ4n) is 5.21. The average molecular weight is 485 g/mol. The van der Waals surface area contributed by atoms with Crippen molar-refractivity contribution in [2.45, 2.75) is 55.9 Å². The first-order valence-electron chi connectivity index (χ1n) is 12.0. The van der Waals surface area contributed by atoms with E-state index in [1.165, 1.54) is 41.8 Å². The van der Waals surface area contributed by atoms with Crippen LogP contribution in [0.2, 0.25) is 0 Å². The molecule has 0 atom stereocenters. The molecule has 1 saturated heterocycles. The number of fused-ring (bicyclic) bond motifs is 1. The molecule has 2 fully saturated rings. The van der Waals surface area contributed by atoms with E-state index in [9.17, 15) is 17.6 Å². The number of aromatic nitrogens is 2. The van der Waals surface area contributed by atoms with Crippen LogP contribution in [-0.2, 0) is 14.8 Å². The number of amides is 1. The van der Waals surface area contributed by atoms with Crippen LogP contribution in [-0.4, -0.2) is 41.3 Å². The third-order valence-corrected chi connectivity index (χ3v) is 8.98. The molecule has 2 aliphatic rings. The number of benzene rings is 2. The molecular weight excluding hydrogens is 455 g/mol. The van der Waals surface area contributed by atoms with Crippen LogP contribution in [0.1, 0.15) is 51.0 Å². The van der Waals surface area contributed by atoms with Crippen molar-refractivity contribution in [1.29, 1.82) is 0 Å². The Morgan fingerprint density at radius 1 is 0.941 bits per heavy atom. The first kappa shape index (κ1) is 23.0. The summed E-state index contributed by atoms with van der Waals surface area (Å²) in [7, 11) is -3.93. The van der Waals surface area contributed by atoms with Gasteiger partial charge in [-0.15, -0.1) is 0 Å². The lowest BCUT2D eigenvalue weighted by molar-refractivity contribution is -0.121. The Labute approximate surface area is 199 Å². The number of rotatable bonds is 5. The number of sulfonamides is 1. The number of carbonyl (C=O) groups excluding carboxylic acids is 1. The fraction of sp³-hybridized carbons (Fsp3) is 0.440. The third-order valence-electron chi connectivity index (χ3n) is 7.05. The van der Waals surface area contributed by atoms with Crippen molar-refractivity contribution in [1.82, 2.24) is 13.9 Å². The molecule has 1 aliphatic heterocycles. The van der Waals surface area contributed by atoms with E-state index in [0.717, 1.165) is 29.9 Å². The van der Waals surface area contributed by atoms with E-state index in [-0.39, 0.29) is 29.8 Å². The van der Waals surface area contributed by atoms with E-state index in [0.29, 0.717) is 24.8 Å². The number of carbonyl (C=O) groups is 1. The number of piperidine rings is 1. The summed E-state index contributed by atoms with van der Waals surface area (Å²) >= 11 is 0. The highest BCUT2D eigenvalue weighted by Gasteiger charge is 2.34. The average Bonchev–Trinajstić information content (AvgIpc) is 3.22.